The smallest absolute Gasteiger partial charge is 0.328 e. The summed E-state index contributed by atoms with van der Waals surface area (Å²) in [5.41, 5.74) is 1.54. The average Bonchev–Trinajstić information content (AvgIpc) is 2.78. The van der Waals surface area contributed by atoms with E-state index in [0.717, 1.165) is 5.56 Å². The van der Waals surface area contributed by atoms with Crippen molar-refractivity contribution >= 4 is 24.0 Å². The van der Waals surface area contributed by atoms with Crippen molar-refractivity contribution in [1.82, 2.24) is 9.97 Å². The Balaban J connectivity index is 1.83. The first-order valence-corrected chi connectivity index (χ1v) is 9.30. The number of aryl methyl sites for hydroxylation is 1. The van der Waals surface area contributed by atoms with Crippen LogP contribution in [-0.4, -0.2) is 54.3 Å². The highest BCUT2D eigenvalue weighted by molar-refractivity contribution is 6.01. The maximum atomic E-state index is 12.9. The number of hydrogen-bond acceptors (Lipinski definition) is 8. The second kappa shape index (κ2) is 9.78. The average molecular weight is 411 g/mol. The molecule has 10 nitrogen and oxygen atoms in total. The minimum Gasteiger partial charge on any atom is -0.490 e. The van der Waals surface area contributed by atoms with E-state index in [2.05, 4.69) is 15.3 Å². The number of urea groups is 1. The van der Waals surface area contributed by atoms with Gasteiger partial charge in [-0.15, -0.1) is 0 Å². The highest BCUT2D eigenvalue weighted by Gasteiger charge is 2.26. The molecule has 2 N–H and O–H groups in total. The number of pyridine rings is 2. The first kappa shape index (κ1) is 21.2. The molecule has 1 aliphatic heterocycles. The van der Waals surface area contributed by atoms with Gasteiger partial charge in [0.15, 0.2) is 6.29 Å². The summed E-state index contributed by atoms with van der Waals surface area (Å²) in [4.78, 5) is 34.0. The molecule has 30 heavy (non-hydrogen) atoms. The van der Waals surface area contributed by atoms with Gasteiger partial charge in [0.1, 0.15) is 41.3 Å². The van der Waals surface area contributed by atoms with Crippen LogP contribution in [0.3, 0.4) is 0 Å². The van der Waals surface area contributed by atoms with Crippen molar-refractivity contribution in [3.63, 3.8) is 0 Å². The Labute approximate surface area is 173 Å². The number of anilines is 2. The van der Waals surface area contributed by atoms with E-state index in [1.54, 1.807) is 6.07 Å². The third-order valence-corrected chi connectivity index (χ3v) is 4.57. The summed E-state index contributed by atoms with van der Waals surface area (Å²) in [5, 5.41) is 21.3. The fourth-order valence-corrected chi connectivity index (χ4v) is 3.10. The zero-order chi connectivity index (χ0) is 21.5. The van der Waals surface area contributed by atoms with E-state index in [9.17, 15) is 20.0 Å². The summed E-state index contributed by atoms with van der Waals surface area (Å²) in [6, 6.07) is 4.68. The van der Waals surface area contributed by atoms with E-state index in [-0.39, 0.29) is 36.0 Å². The number of amides is 2. The maximum Gasteiger partial charge on any atom is 0.328 e. The first-order valence-electron chi connectivity index (χ1n) is 9.30. The van der Waals surface area contributed by atoms with E-state index in [4.69, 9.17) is 9.47 Å². The van der Waals surface area contributed by atoms with Crippen molar-refractivity contribution < 1.29 is 24.2 Å². The number of ether oxygens (including phenoxy) is 2. The fraction of sp³-hybridized carbons (Fsp3) is 0.350. The number of carbonyl (C=O) groups is 2. The van der Waals surface area contributed by atoms with Gasteiger partial charge in [0.2, 0.25) is 0 Å². The number of aldehydes is 1. The lowest BCUT2D eigenvalue weighted by molar-refractivity contribution is 0.111. The van der Waals surface area contributed by atoms with Gasteiger partial charge in [0, 0.05) is 25.3 Å². The summed E-state index contributed by atoms with van der Waals surface area (Å²) in [7, 11) is 1.54. The SMILES string of the molecule is COCCOc1cc(NC(=O)N2CCCc3cc(CO)c(C=O)nc32)ncc1C#N. The zero-order valence-electron chi connectivity index (χ0n) is 16.4. The summed E-state index contributed by atoms with van der Waals surface area (Å²) < 4.78 is 10.5. The molecule has 0 spiro atoms. The predicted molar refractivity (Wildman–Crippen MR) is 107 cm³/mol. The van der Waals surface area contributed by atoms with Crippen LogP contribution >= 0.6 is 0 Å². The molecular formula is C20H21N5O5. The summed E-state index contributed by atoms with van der Waals surface area (Å²) in [6.07, 6.45) is 3.27. The van der Waals surface area contributed by atoms with Crippen molar-refractivity contribution in [2.24, 2.45) is 0 Å². The van der Waals surface area contributed by atoms with Crippen molar-refractivity contribution in [1.29, 1.82) is 5.26 Å². The highest BCUT2D eigenvalue weighted by atomic mass is 16.5. The molecule has 0 unspecified atom stereocenters. The number of nitriles is 1. The van der Waals surface area contributed by atoms with Gasteiger partial charge in [-0.05, 0) is 24.5 Å². The van der Waals surface area contributed by atoms with Crippen LogP contribution in [0.4, 0.5) is 16.4 Å². The van der Waals surface area contributed by atoms with E-state index in [1.807, 2.05) is 6.07 Å². The van der Waals surface area contributed by atoms with E-state index in [0.29, 0.717) is 43.7 Å². The molecule has 0 bridgehead atoms. The molecule has 2 aromatic rings. The van der Waals surface area contributed by atoms with E-state index in [1.165, 1.54) is 24.3 Å². The standard InChI is InChI=1S/C20H21N5O5/c1-29-5-6-30-17-8-18(22-10-15(17)9-21)24-20(28)25-4-2-3-13-7-14(11-26)16(12-27)23-19(13)25/h7-8,10,12,26H,2-6,11H2,1H3,(H,22,24,28). The van der Waals surface area contributed by atoms with Crippen LogP contribution in [0.1, 0.15) is 33.6 Å². The van der Waals surface area contributed by atoms with Crippen molar-refractivity contribution in [2.75, 3.05) is 37.1 Å². The van der Waals surface area contributed by atoms with Crippen LogP contribution in [0.5, 0.6) is 5.75 Å². The third kappa shape index (κ3) is 4.53. The Morgan fingerprint density at radius 2 is 2.27 bits per heavy atom. The summed E-state index contributed by atoms with van der Waals surface area (Å²) in [6.45, 7) is 0.700. The van der Waals surface area contributed by atoms with Gasteiger partial charge in [0.25, 0.3) is 0 Å². The number of nitrogens with zero attached hydrogens (tertiary/aromatic N) is 4. The summed E-state index contributed by atoms with van der Waals surface area (Å²) >= 11 is 0. The molecule has 156 valence electrons. The minimum atomic E-state index is -0.475. The van der Waals surface area contributed by atoms with Crippen LogP contribution < -0.4 is 15.0 Å². The molecule has 2 amide bonds. The van der Waals surface area contributed by atoms with Gasteiger partial charge < -0.3 is 14.6 Å². The molecule has 3 heterocycles. The Morgan fingerprint density at radius 1 is 1.43 bits per heavy atom. The lowest BCUT2D eigenvalue weighted by atomic mass is 10.0. The number of aromatic nitrogens is 2. The number of fused-ring (bicyclic) bond motifs is 1. The van der Waals surface area contributed by atoms with Crippen LogP contribution in [-0.2, 0) is 17.8 Å². The van der Waals surface area contributed by atoms with Crippen LogP contribution in [0.25, 0.3) is 0 Å². The van der Waals surface area contributed by atoms with Gasteiger partial charge in [-0.25, -0.2) is 14.8 Å². The van der Waals surface area contributed by atoms with E-state index < -0.39 is 6.03 Å². The normalized spacial score (nSPS) is 12.6. The second-order valence-electron chi connectivity index (χ2n) is 6.50. The Morgan fingerprint density at radius 3 is 2.97 bits per heavy atom. The molecule has 1 aliphatic rings. The summed E-state index contributed by atoms with van der Waals surface area (Å²) in [5.74, 6) is 0.872. The fourth-order valence-electron chi connectivity index (χ4n) is 3.10. The van der Waals surface area contributed by atoms with Crippen molar-refractivity contribution in [2.45, 2.75) is 19.4 Å². The Kier molecular flexibility index (Phi) is 6.90. The molecule has 10 heteroatoms. The molecule has 0 atom stereocenters. The molecular weight excluding hydrogens is 390 g/mol. The lowest BCUT2D eigenvalue weighted by Gasteiger charge is -2.29. The largest absolute Gasteiger partial charge is 0.490 e. The second-order valence-corrected chi connectivity index (χ2v) is 6.50. The molecule has 0 saturated carbocycles. The number of aliphatic hydroxyl groups excluding tert-OH is 1. The van der Waals surface area contributed by atoms with E-state index >= 15 is 0 Å². The first-order chi connectivity index (χ1) is 14.6. The van der Waals surface area contributed by atoms with Gasteiger partial charge in [-0.2, -0.15) is 5.26 Å². The quantitative estimate of drug-likeness (QED) is 0.518. The van der Waals surface area contributed by atoms with Crippen molar-refractivity contribution in [3.05, 3.63) is 40.7 Å². The van der Waals surface area contributed by atoms with Gasteiger partial charge in [0.05, 0.1) is 19.4 Å². The molecule has 2 aromatic heterocycles. The van der Waals surface area contributed by atoms with Crippen molar-refractivity contribution in [3.8, 4) is 11.8 Å². The van der Waals surface area contributed by atoms with Gasteiger partial charge in [-0.1, -0.05) is 0 Å². The highest BCUT2D eigenvalue weighted by Crippen LogP contribution is 2.28. The number of hydrogen-bond donors (Lipinski definition) is 2. The molecule has 0 radical (unpaired) electrons. The van der Waals surface area contributed by atoms with Crippen LogP contribution in [0, 0.1) is 11.3 Å². The van der Waals surface area contributed by atoms with Gasteiger partial charge >= 0.3 is 6.03 Å². The third-order valence-electron chi connectivity index (χ3n) is 4.57. The number of carbonyl (C=O) groups excluding carboxylic acids is 2. The minimum absolute atomic E-state index is 0.0984. The lowest BCUT2D eigenvalue weighted by Crippen LogP contribution is -2.39. The van der Waals surface area contributed by atoms with Gasteiger partial charge in [-0.3, -0.25) is 15.0 Å². The molecule has 0 aliphatic carbocycles. The topological polar surface area (TPSA) is 138 Å². The molecule has 0 fully saturated rings. The zero-order valence-corrected chi connectivity index (χ0v) is 16.4. The van der Waals surface area contributed by atoms with Crippen LogP contribution in [0.15, 0.2) is 18.3 Å². The predicted octanol–water partition coefficient (Wildman–Crippen LogP) is 1.66. The molecule has 0 saturated heterocycles. The molecule has 3 rings (SSSR count). The number of methoxy groups -OCH3 is 1. The van der Waals surface area contributed by atoms with Crippen LogP contribution in [0.2, 0.25) is 0 Å². The molecule has 0 aromatic carbocycles. The number of nitrogens with one attached hydrogen (secondary N) is 1. The monoisotopic (exact) mass is 411 g/mol. The number of rotatable bonds is 7. The Hall–Kier alpha value is -3.55. The number of aliphatic hydroxyl groups is 1. The maximum absolute atomic E-state index is 12.9. The Bertz CT molecular complexity index is 988.